The van der Waals surface area contributed by atoms with E-state index in [1.165, 1.54) is 18.2 Å². The minimum absolute atomic E-state index is 0. The molecule has 0 aliphatic rings. The minimum atomic E-state index is -4.76. The second-order valence-corrected chi connectivity index (χ2v) is 10.2. The van der Waals surface area contributed by atoms with Crippen LogP contribution in [0.5, 0.6) is 11.5 Å². The van der Waals surface area contributed by atoms with Crippen LogP contribution in [-0.2, 0) is 10.1 Å². The van der Waals surface area contributed by atoms with Gasteiger partial charge in [-0.2, -0.15) is 13.5 Å². The maximum absolute atomic E-state index is 13.5. The van der Waals surface area contributed by atoms with E-state index in [4.69, 9.17) is 27.9 Å². The minimum Gasteiger partial charge on any atom is -0.870 e. The van der Waals surface area contributed by atoms with Crippen LogP contribution >= 0.6 is 23.2 Å². The number of carbonyl (C=O) groups excluding carboxylic acids is 1. The first-order chi connectivity index (χ1) is 18.0. The molecule has 196 valence electrons. The number of carbonyl (C=O) groups is 1. The van der Waals surface area contributed by atoms with Crippen molar-refractivity contribution in [2.24, 2.45) is 10.2 Å². The van der Waals surface area contributed by atoms with Crippen LogP contribution in [0.15, 0.2) is 75.8 Å². The first kappa shape index (κ1) is 30.8. The number of nitrogens with one attached hydrogen (secondary N) is 1. The van der Waals surface area contributed by atoms with Gasteiger partial charge in [-0.25, -0.2) is 0 Å². The maximum atomic E-state index is 13.5. The zero-order valence-corrected chi connectivity index (χ0v) is 25.4. The number of aryl methyl sites for hydroxylation is 1. The fraction of sp³-hybridized carbons (Fsp3) is 0.115. The molecule has 4 aromatic carbocycles. The molecule has 0 radical (unpaired) electrons. The quantitative estimate of drug-likeness (QED) is 0.189. The number of hydrogen-bond acceptors (Lipinski definition) is 7. The molecule has 0 spiro atoms. The summed E-state index contributed by atoms with van der Waals surface area (Å²) in [5.41, 5.74) is -0.111. The molecule has 1 amide bonds. The monoisotopic (exact) mass is 595 g/mol. The van der Waals surface area contributed by atoms with Gasteiger partial charge in [0, 0.05) is 10.9 Å². The third-order valence-electron chi connectivity index (χ3n) is 5.52. The number of anilines is 1. The molecule has 0 heterocycles. The summed E-state index contributed by atoms with van der Waals surface area (Å²) in [6.45, 7) is 3.70. The number of nitrogens with zero attached hydrogens (tertiary/aromatic N) is 2. The molecule has 9 nitrogen and oxygen atoms in total. The van der Waals surface area contributed by atoms with E-state index in [0.717, 1.165) is 0 Å². The van der Waals surface area contributed by atoms with Gasteiger partial charge in [0.15, 0.2) is 0 Å². The molecule has 0 aliphatic heterocycles. The van der Waals surface area contributed by atoms with Gasteiger partial charge in [-0.05, 0) is 49.1 Å². The van der Waals surface area contributed by atoms with Crippen molar-refractivity contribution in [3.63, 3.8) is 0 Å². The van der Waals surface area contributed by atoms with Crippen LogP contribution in [-0.4, -0.2) is 25.5 Å². The normalized spacial score (nSPS) is 11.4. The van der Waals surface area contributed by atoms with Crippen molar-refractivity contribution in [3.8, 4) is 11.5 Å². The SMILES string of the molecule is CCOc1cccc(NC(=O)c2cc3ccccc3c(N=Nc3c(C)ccc(Cl)c3S(=O)(=O)O)c2[O-])c1Cl.[Na+]. The first-order valence-electron chi connectivity index (χ1n) is 11.2. The molecular formula is C26H20Cl2N3NaO6S. The van der Waals surface area contributed by atoms with Gasteiger partial charge < -0.3 is 15.2 Å². The Labute approximate surface area is 256 Å². The topological polar surface area (TPSA) is 140 Å². The Morgan fingerprint density at radius 3 is 2.44 bits per heavy atom. The number of rotatable bonds is 7. The first-order valence-corrected chi connectivity index (χ1v) is 13.4. The molecule has 0 atom stereocenters. The number of halogens is 2. The summed E-state index contributed by atoms with van der Waals surface area (Å²) in [6, 6.07) is 15.7. The van der Waals surface area contributed by atoms with Gasteiger partial charge in [-0.1, -0.05) is 65.3 Å². The number of hydrogen-bond donors (Lipinski definition) is 2. The summed E-state index contributed by atoms with van der Waals surface area (Å²) in [6.07, 6.45) is 0. The number of azo groups is 1. The second-order valence-electron chi connectivity index (χ2n) is 8.04. The molecular weight excluding hydrogens is 576 g/mol. The van der Waals surface area contributed by atoms with Crippen LogP contribution in [0.2, 0.25) is 10.0 Å². The molecule has 0 aromatic heterocycles. The fourth-order valence-electron chi connectivity index (χ4n) is 3.76. The Hall–Kier alpha value is -2.70. The van der Waals surface area contributed by atoms with Crippen LogP contribution in [0, 0.1) is 6.92 Å². The van der Waals surface area contributed by atoms with Crippen LogP contribution in [0.4, 0.5) is 17.1 Å². The smallest absolute Gasteiger partial charge is 0.870 e. The zero-order valence-electron chi connectivity index (χ0n) is 21.0. The molecule has 0 bridgehead atoms. The Kier molecular flexibility index (Phi) is 10.0. The van der Waals surface area contributed by atoms with E-state index < -0.39 is 26.7 Å². The summed E-state index contributed by atoms with van der Waals surface area (Å²) in [5, 5.41) is 24.9. The van der Waals surface area contributed by atoms with E-state index >= 15 is 0 Å². The summed E-state index contributed by atoms with van der Waals surface area (Å²) in [5.74, 6) is -1.13. The third kappa shape index (κ3) is 6.55. The largest absolute Gasteiger partial charge is 1.00 e. The van der Waals surface area contributed by atoms with Crippen LogP contribution in [0.1, 0.15) is 22.8 Å². The van der Waals surface area contributed by atoms with E-state index in [2.05, 4.69) is 15.5 Å². The average Bonchev–Trinajstić information content (AvgIpc) is 2.86. The van der Waals surface area contributed by atoms with E-state index in [-0.39, 0.29) is 62.2 Å². The molecule has 39 heavy (non-hydrogen) atoms. The number of benzene rings is 4. The van der Waals surface area contributed by atoms with Crippen molar-refractivity contribution in [1.82, 2.24) is 0 Å². The molecule has 0 aliphatic carbocycles. The van der Waals surface area contributed by atoms with E-state index in [9.17, 15) is 22.9 Å². The van der Waals surface area contributed by atoms with Crippen molar-refractivity contribution >= 4 is 67.1 Å². The summed E-state index contributed by atoms with van der Waals surface area (Å²) < 4.78 is 39.1. The fourth-order valence-corrected chi connectivity index (χ4v) is 5.19. The van der Waals surface area contributed by atoms with E-state index in [1.807, 2.05) is 0 Å². The second kappa shape index (κ2) is 12.6. The maximum Gasteiger partial charge on any atom is 1.00 e. The van der Waals surface area contributed by atoms with Gasteiger partial charge in [0.1, 0.15) is 21.4 Å². The Morgan fingerprint density at radius 2 is 1.74 bits per heavy atom. The molecule has 0 unspecified atom stereocenters. The van der Waals surface area contributed by atoms with Crippen LogP contribution in [0.25, 0.3) is 10.8 Å². The molecule has 13 heteroatoms. The number of ether oxygens (including phenoxy) is 1. The number of amides is 1. The Balaban J connectivity index is 0.00000420. The summed E-state index contributed by atoms with van der Waals surface area (Å²) in [7, 11) is -4.76. The van der Waals surface area contributed by atoms with Crippen molar-refractivity contribution in [2.45, 2.75) is 18.7 Å². The molecule has 2 N–H and O–H groups in total. The van der Waals surface area contributed by atoms with Gasteiger partial charge >= 0.3 is 29.6 Å². The number of fused-ring (bicyclic) bond motifs is 1. The van der Waals surface area contributed by atoms with Gasteiger partial charge in [0.2, 0.25) is 0 Å². The van der Waals surface area contributed by atoms with Crippen molar-refractivity contribution < 1.29 is 57.2 Å². The standard InChI is InChI=1S/C26H21Cl2N3O6S.Na/c1-3-37-20-10-6-9-19(21(20)28)29-26(33)17-13-15-7-4-5-8-16(15)23(24(17)32)31-30-22-14(2)11-12-18(27)25(22)38(34,35)36;/h4-13,32H,3H2,1-2H3,(H,29,33)(H,34,35,36);/q;+1/p-1. The Bertz CT molecular complexity index is 1710. The molecule has 0 fully saturated rings. The van der Waals surface area contributed by atoms with Gasteiger partial charge in [0.25, 0.3) is 16.0 Å². The van der Waals surface area contributed by atoms with Gasteiger partial charge in [-0.3, -0.25) is 9.35 Å². The Morgan fingerprint density at radius 1 is 1.05 bits per heavy atom. The summed E-state index contributed by atoms with van der Waals surface area (Å²) >= 11 is 12.4. The van der Waals surface area contributed by atoms with E-state index in [0.29, 0.717) is 28.7 Å². The predicted molar refractivity (Wildman–Crippen MR) is 144 cm³/mol. The van der Waals surface area contributed by atoms with Crippen molar-refractivity contribution in [1.29, 1.82) is 0 Å². The third-order valence-corrected chi connectivity index (χ3v) is 7.27. The van der Waals surface area contributed by atoms with Crippen molar-refractivity contribution in [2.75, 3.05) is 11.9 Å². The zero-order chi connectivity index (χ0) is 27.6. The van der Waals surface area contributed by atoms with Gasteiger partial charge in [-0.15, -0.1) is 5.11 Å². The van der Waals surface area contributed by atoms with Gasteiger partial charge in [0.05, 0.1) is 23.0 Å². The molecule has 0 saturated carbocycles. The molecule has 0 saturated heterocycles. The van der Waals surface area contributed by atoms with E-state index in [1.54, 1.807) is 56.3 Å². The molecule has 4 rings (SSSR count). The van der Waals surface area contributed by atoms with Crippen LogP contribution < -0.4 is 44.7 Å². The summed E-state index contributed by atoms with van der Waals surface area (Å²) in [4.78, 5) is 12.6. The molecule has 4 aromatic rings. The van der Waals surface area contributed by atoms with Crippen molar-refractivity contribution in [3.05, 3.63) is 81.8 Å². The average molecular weight is 596 g/mol. The van der Waals surface area contributed by atoms with Crippen LogP contribution in [0.3, 0.4) is 0 Å². The predicted octanol–water partition coefficient (Wildman–Crippen LogP) is 3.85.